The Bertz CT molecular complexity index is 693. The summed E-state index contributed by atoms with van der Waals surface area (Å²) in [5.41, 5.74) is 0. The maximum atomic E-state index is 12.8. The molecule has 1 atom stereocenters. The van der Waals surface area contributed by atoms with E-state index in [1.807, 2.05) is 0 Å². The zero-order chi connectivity index (χ0) is 17.7. The number of nitrogens with one attached hydrogen (secondary N) is 2. The lowest BCUT2D eigenvalue weighted by atomic mass is 10.2. The van der Waals surface area contributed by atoms with Crippen LogP contribution in [0, 0.1) is 0 Å². The van der Waals surface area contributed by atoms with Crippen LogP contribution in [0.5, 0.6) is 0 Å². The first-order chi connectivity index (χ1) is 11.4. The number of amides is 2. The third-order valence-electron chi connectivity index (χ3n) is 3.86. The van der Waals surface area contributed by atoms with Crippen molar-refractivity contribution < 1.29 is 18.0 Å². The van der Waals surface area contributed by atoms with E-state index in [-0.39, 0.29) is 15.7 Å². The van der Waals surface area contributed by atoms with Crippen LogP contribution in [0.2, 0.25) is 0 Å². The van der Waals surface area contributed by atoms with Crippen molar-refractivity contribution in [1.29, 1.82) is 0 Å². The number of carbonyl (C=O) groups is 2. The molecule has 9 heteroatoms. The summed E-state index contributed by atoms with van der Waals surface area (Å²) in [4.78, 5) is 24.3. The zero-order valence-electron chi connectivity index (χ0n) is 13.9. The molecule has 1 unspecified atom stereocenters. The molecule has 1 aromatic rings. The minimum atomic E-state index is -3.68. The zero-order valence-corrected chi connectivity index (χ0v) is 15.5. The van der Waals surface area contributed by atoms with Crippen LogP contribution in [0.4, 0.5) is 0 Å². The van der Waals surface area contributed by atoms with Crippen molar-refractivity contribution in [3.8, 4) is 0 Å². The molecule has 1 aliphatic heterocycles. The van der Waals surface area contributed by atoms with Crippen molar-refractivity contribution in [2.45, 2.75) is 44.0 Å². The summed E-state index contributed by atoms with van der Waals surface area (Å²) in [5.74, 6) is -0.845. The predicted molar refractivity (Wildman–Crippen MR) is 92.5 cm³/mol. The lowest BCUT2D eigenvalue weighted by Gasteiger charge is -2.25. The summed E-state index contributed by atoms with van der Waals surface area (Å²) in [6, 6.07) is 0.727. The minimum Gasteiger partial charge on any atom is -0.355 e. The van der Waals surface area contributed by atoms with Gasteiger partial charge in [0.25, 0.3) is 5.91 Å². The normalized spacial score (nSPS) is 17.2. The fourth-order valence-electron chi connectivity index (χ4n) is 2.57. The smallest absolute Gasteiger partial charge is 0.263 e. The number of likely N-dealkylation sites (N-methyl/N-ethyl adjacent to an activating group) is 1. The molecule has 24 heavy (non-hydrogen) atoms. The highest BCUT2D eigenvalue weighted by Gasteiger charge is 2.31. The third-order valence-corrected chi connectivity index (χ3v) is 6.84. The van der Waals surface area contributed by atoms with Gasteiger partial charge in [0.1, 0.15) is 15.8 Å². The second kappa shape index (κ2) is 8.09. The van der Waals surface area contributed by atoms with Crippen molar-refractivity contribution in [3.05, 3.63) is 16.3 Å². The van der Waals surface area contributed by atoms with E-state index in [4.69, 9.17) is 0 Å². The monoisotopic (exact) mass is 373 g/mol. The molecule has 1 aromatic heterocycles. The van der Waals surface area contributed by atoms with Crippen molar-refractivity contribution in [3.63, 3.8) is 0 Å². The summed E-state index contributed by atoms with van der Waals surface area (Å²) in [6.07, 6.45) is 2.69. The van der Waals surface area contributed by atoms with E-state index in [1.54, 1.807) is 19.2 Å². The molecule has 0 radical (unpaired) electrons. The number of carbonyl (C=O) groups excluding carboxylic acids is 2. The number of rotatable bonds is 6. The molecule has 2 amide bonds. The van der Waals surface area contributed by atoms with Crippen molar-refractivity contribution in [2.75, 3.05) is 19.6 Å². The largest absolute Gasteiger partial charge is 0.355 e. The predicted octanol–water partition coefficient (Wildman–Crippen LogP) is 1.18. The summed E-state index contributed by atoms with van der Waals surface area (Å²) >= 11 is 1.07. The second-order valence-electron chi connectivity index (χ2n) is 5.67. The lowest BCUT2D eigenvalue weighted by molar-refractivity contribution is -0.122. The maximum absolute atomic E-state index is 12.8. The Morgan fingerprint density at radius 3 is 2.58 bits per heavy atom. The van der Waals surface area contributed by atoms with E-state index >= 15 is 0 Å². The van der Waals surface area contributed by atoms with Gasteiger partial charge < -0.3 is 10.6 Å². The van der Waals surface area contributed by atoms with Gasteiger partial charge in [-0.2, -0.15) is 4.31 Å². The average Bonchev–Trinajstić information content (AvgIpc) is 3.06. The number of hydrogen-bond donors (Lipinski definition) is 2. The number of piperidine rings is 1. The first-order valence-corrected chi connectivity index (χ1v) is 10.4. The molecule has 0 aliphatic carbocycles. The molecule has 2 rings (SSSR count). The second-order valence-corrected chi connectivity index (χ2v) is 8.49. The number of thiophene rings is 1. The van der Waals surface area contributed by atoms with Crippen LogP contribution in [-0.4, -0.2) is 50.2 Å². The van der Waals surface area contributed by atoms with Crippen LogP contribution in [-0.2, 0) is 14.8 Å². The van der Waals surface area contributed by atoms with E-state index in [1.165, 1.54) is 10.4 Å². The average molecular weight is 374 g/mol. The topological polar surface area (TPSA) is 95.6 Å². The van der Waals surface area contributed by atoms with Crippen LogP contribution in [0.1, 0.15) is 42.8 Å². The van der Waals surface area contributed by atoms with Gasteiger partial charge in [-0.25, -0.2) is 8.42 Å². The van der Waals surface area contributed by atoms with E-state index in [0.29, 0.717) is 19.6 Å². The molecule has 0 bridgehead atoms. The Hall–Kier alpha value is -1.45. The number of nitrogens with zero attached hydrogens (tertiary/aromatic N) is 1. The summed E-state index contributed by atoms with van der Waals surface area (Å²) < 4.78 is 27.0. The van der Waals surface area contributed by atoms with Crippen LogP contribution in [0.15, 0.2) is 16.3 Å². The highest BCUT2D eigenvalue weighted by atomic mass is 32.2. The van der Waals surface area contributed by atoms with Gasteiger partial charge in [-0.05, 0) is 38.1 Å². The Balaban J connectivity index is 2.17. The molecule has 0 saturated carbocycles. The number of hydrogen-bond acceptors (Lipinski definition) is 5. The first-order valence-electron chi connectivity index (χ1n) is 8.04. The van der Waals surface area contributed by atoms with Crippen molar-refractivity contribution in [2.24, 2.45) is 0 Å². The van der Waals surface area contributed by atoms with Crippen LogP contribution in [0.3, 0.4) is 0 Å². The summed E-state index contributed by atoms with van der Waals surface area (Å²) in [6.45, 7) is 4.78. The number of sulfonamides is 1. The van der Waals surface area contributed by atoms with Gasteiger partial charge in [-0.3, -0.25) is 9.59 Å². The molecule has 2 heterocycles. The molecule has 0 spiro atoms. The lowest BCUT2D eigenvalue weighted by Crippen LogP contribution is -2.45. The van der Waals surface area contributed by atoms with Gasteiger partial charge in [0, 0.05) is 19.6 Å². The van der Waals surface area contributed by atoms with E-state index < -0.39 is 22.0 Å². The van der Waals surface area contributed by atoms with Gasteiger partial charge in [0.15, 0.2) is 0 Å². The molecule has 1 aliphatic rings. The van der Waals surface area contributed by atoms with E-state index in [2.05, 4.69) is 10.6 Å². The first kappa shape index (κ1) is 18.9. The standard InChI is InChI=1S/C15H23N3O4S2/c1-3-16-14(19)11(2)17-15(20)13-12(7-10-23-13)24(21,22)18-8-5-4-6-9-18/h7,10-11H,3-6,8-9H2,1-2H3,(H,16,19)(H,17,20). The molecule has 1 fully saturated rings. The molecule has 2 N–H and O–H groups in total. The fraction of sp³-hybridized carbons (Fsp3) is 0.600. The quantitative estimate of drug-likeness (QED) is 0.783. The molecular weight excluding hydrogens is 350 g/mol. The van der Waals surface area contributed by atoms with E-state index in [9.17, 15) is 18.0 Å². The molecule has 7 nitrogen and oxygen atoms in total. The Labute approximate surface area is 146 Å². The Kier molecular flexibility index (Phi) is 6.36. The molecule has 1 saturated heterocycles. The van der Waals surface area contributed by atoms with Crippen molar-refractivity contribution >= 4 is 33.2 Å². The molecule has 134 valence electrons. The van der Waals surface area contributed by atoms with Crippen molar-refractivity contribution in [1.82, 2.24) is 14.9 Å². The van der Waals surface area contributed by atoms with Gasteiger partial charge in [0.05, 0.1) is 0 Å². The van der Waals surface area contributed by atoms with Crippen LogP contribution in [0.25, 0.3) is 0 Å². The van der Waals surface area contributed by atoms with E-state index in [0.717, 1.165) is 30.6 Å². The SMILES string of the molecule is CCNC(=O)C(C)NC(=O)c1sccc1S(=O)(=O)N1CCCCC1. The summed E-state index contributed by atoms with van der Waals surface area (Å²) in [7, 11) is -3.68. The molecular formula is C15H23N3O4S2. The van der Waals surface area contributed by atoms with Gasteiger partial charge in [0.2, 0.25) is 15.9 Å². The van der Waals surface area contributed by atoms with Gasteiger partial charge >= 0.3 is 0 Å². The Morgan fingerprint density at radius 1 is 1.29 bits per heavy atom. The van der Waals surface area contributed by atoms with Crippen LogP contribution >= 0.6 is 11.3 Å². The van der Waals surface area contributed by atoms with Gasteiger partial charge in [-0.1, -0.05) is 6.42 Å². The highest BCUT2D eigenvalue weighted by molar-refractivity contribution is 7.89. The fourth-order valence-corrected chi connectivity index (χ4v) is 5.39. The molecule has 0 aromatic carbocycles. The summed E-state index contributed by atoms with van der Waals surface area (Å²) in [5, 5.41) is 6.76. The van der Waals surface area contributed by atoms with Crippen LogP contribution < -0.4 is 10.6 Å². The maximum Gasteiger partial charge on any atom is 0.263 e. The van der Waals surface area contributed by atoms with Gasteiger partial charge in [-0.15, -0.1) is 11.3 Å². The minimum absolute atomic E-state index is 0.0231. The third kappa shape index (κ3) is 4.14. The highest BCUT2D eigenvalue weighted by Crippen LogP contribution is 2.27. The Morgan fingerprint density at radius 2 is 1.96 bits per heavy atom.